The van der Waals surface area contributed by atoms with Gasteiger partial charge in [0.25, 0.3) is 0 Å². The van der Waals surface area contributed by atoms with Crippen LogP contribution in [0, 0.1) is 0 Å². The lowest BCUT2D eigenvalue weighted by Crippen LogP contribution is -1.86. The highest BCUT2D eigenvalue weighted by molar-refractivity contribution is 9.10. The van der Waals surface area contributed by atoms with Crippen LogP contribution < -0.4 is 4.34 Å². The highest BCUT2D eigenvalue weighted by Gasteiger charge is 1.94. The Morgan fingerprint density at radius 2 is 2.10 bits per heavy atom. The first-order valence-corrected chi connectivity index (χ1v) is 4.12. The molecule has 0 radical (unpaired) electrons. The van der Waals surface area contributed by atoms with E-state index in [1.807, 2.05) is 18.2 Å². The van der Waals surface area contributed by atoms with Gasteiger partial charge in [0, 0.05) is 21.8 Å². The third kappa shape index (κ3) is 1.51. The smallest absolute Gasteiger partial charge is 0.0472 e. The van der Waals surface area contributed by atoms with Crippen LogP contribution in [-0.2, 0) is 6.42 Å². The van der Waals surface area contributed by atoms with Crippen LogP contribution in [0.25, 0.3) is 0 Å². The second-order valence-corrected chi connectivity index (χ2v) is 2.50. The zero-order valence-corrected chi connectivity index (χ0v) is 7.48. The maximum absolute atomic E-state index is 3.20. The number of hydrogen-bond donors (Lipinski definition) is 1. The van der Waals surface area contributed by atoms with Gasteiger partial charge in [-0.3, -0.25) is 0 Å². The number of hydrogen-bond acceptors (Lipinski definition) is 1. The fourth-order valence-electron chi connectivity index (χ4n) is 0.921. The molecule has 0 saturated carbocycles. The molecule has 0 aromatic heterocycles. The minimum atomic E-state index is 1.06. The molecule has 0 fully saturated rings. The number of nitrogens with one attached hydrogen (secondary N) is 1. The lowest BCUT2D eigenvalue weighted by atomic mass is 10.1. The molecule has 2 heteroatoms. The van der Waals surface area contributed by atoms with Crippen molar-refractivity contribution in [2.45, 2.75) is 13.3 Å². The molecule has 0 spiro atoms. The fraction of sp³-hybridized carbons (Fsp3) is 0.250. The summed E-state index contributed by atoms with van der Waals surface area (Å²) in [6, 6.07) is 8.23. The summed E-state index contributed by atoms with van der Waals surface area (Å²) in [5.41, 5.74) is 2.49. The molecule has 1 aromatic rings. The van der Waals surface area contributed by atoms with E-state index in [-0.39, 0.29) is 0 Å². The van der Waals surface area contributed by atoms with Crippen molar-refractivity contribution < 1.29 is 0 Å². The summed E-state index contributed by atoms with van der Waals surface area (Å²) in [6.45, 7) is 2.14. The van der Waals surface area contributed by atoms with Gasteiger partial charge in [0.15, 0.2) is 0 Å². The van der Waals surface area contributed by atoms with Crippen LogP contribution in [0.4, 0.5) is 5.69 Å². The molecule has 0 heterocycles. The van der Waals surface area contributed by atoms with Crippen LogP contribution in [0.2, 0.25) is 0 Å². The van der Waals surface area contributed by atoms with E-state index in [1.54, 1.807) is 0 Å². The van der Waals surface area contributed by atoms with Crippen LogP contribution in [0.15, 0.2) is 24.3 Å². The van der Waals surface area contributed by atoms with Crippen molar-refractivity contribution in [3.8, 4) is 0 Å². The van der Waals surface area contributed by atoms with Gasteiger partial charge in [-0.1, -0.05) is 25.1 Å². The molecule has 0 bridgehead atoms. The monoisotopic (exact) mass is 199 g/mol. The van der Waals surface area contributed by atoms with Crippen molar-refractivity contribution in [1.82, 2.24) is 0 Å². The first kappa shape index (κ1) is 7.61. The maximum Gasteiger partial charge on any atom is 0.0472 e. The van der Waals surface area contributed by atoms with Gasteiger partial charge in [0.05, 0.1) is 0 Å². The molecular formula is C8H10BrN. The highest BCUT2D eigenvalue weighted by Crippen LogP contribution is 2.16. The van der Waals surface area contributed by atoms with Crippen molar-refractivity contribution >= 4 is 21.8 Å². The average molecular weight is 200 g/mol. The molecule has 0 aliphatic carbocycles. The van der Waals surface area contributed by atoms with E-state index >= 15 is 0 Å². The molecule has 0 aliphatic heterocycles. The molecule has 10 heavy (non-hydrogen) atoms. The highest BCUT2D eigenvalue weighted by atomic mass is 79.9. The first-order chi connectivity index (χ1) is 4.88. The normalized spacial score (nSPS) is 9.40. The second kappa shape index (κ2) is 3.62. The van der Waals surface area contributed by atoms with Gasteiger partial charge in [-0.25, -0.2) is 0 Å². The van der Waals surface area contributed by atoms with Crippen molar-refractivity contribution in [3.05, 3.63) is 29.8 Å². The standard InChI is InChI=1S/C8H10BrN/c1-2-7-5-3-4-6-8(7)10-9/h3-6,10H,2H2,1H3. The third-order valence-electron chi connectivity index (χ3n) is 1.50. The summed E-state index contributed by atoms with van der Waals surface area (Å²) in [5.74, 6) is 0. The Bertz CT molecular complexity index is 187. The van der Waals surface area contributed by atoms with Gasteiger partial charge < -0.3 is 4.34 Å². The Morgan fingerprint density at radius 3 is 2.60 bits per heavy atom. The Morgan fingerprint density at radius 1 is 1.40 bits per heavy atom. The van der Waals surface area contributed by atoms with Crippen LogP contribution in [0.1, 0.15) is 12.5 Å². The Labute approximate surface area is 69.8 Å². The van der Waals surface area contributed by atoms with Crippen LogP contribution in [-0.4, -0.2) is 0 Å². The van der Waals surface area contributed by atoms with E-state index < -0.39 is 0 Å². The van der Waals surface area contributed by atoms with Gasteiger partial charge in [0.1, 0.15) is 0 Å². The minimum Gasteiger partial charge on any atom is -0.322 e. The molecule has 1 aromatic carbocycles. The summed E-state index contributed by atoms with van der Waals surface area (Å²) in [7, 11) is 0. The van der Waals surface area contributed by atoms with E-state index in [4.69, 9.17) is 0 Å². The zero-order valence-electron chi connectivity index (χ0n) is 5.89. The number of rotatable bonds is 2. The van der Waals surface area contributed by atoms with Crippen molar-refractivity contribution in [1.29, 1.82) is 0 Å². The van der Waals surface area contributed by atoms with Crippen molar-refractivity contribution in [2.24, 2.45) is 0 Å². The second-order valence-electron chi connectivity index (χ2n) is 2.11. The van der Waals surface area contributed by atoms with Gasteiger partial charge in [-0.2, -0.15) is 0 Å². The predicted molar refractivity (Wildman–Crippen MR) is 48.4 cm³/mol. The number of anilines is 1. The number of para-hydroxylation sites is 1. The summed E-state index contributed by atoms with van der Waals surface area (Å²) in [5, 5.41) is 0. The fourth-order valence-corrected chi connectivity index (χ4v) is 1.31. The van der Waals surface area contributed by atoms with Gasteiger partial charge >= 0.3 is 0 Å². The first-order valence-electron chi connectivity index (χ1n) is 3.33. The van der Waals surface area contributed by atoms with E-state index in [9.17, 15) is 0 Å². The molecule has 0 atom stereocenters. The van der Waals surface area contributed by atoms with E-state index in [1.165, 1.54) is 5.56 Å². The molecule has 54 valence electrons. The van der Waals surface area contributed by atoms with Crippen molar-refractivity contribution in [2.75, 3.05) is 4.34 Å². The number of halogens is 1. The topological polar surface area (TPSA) is 12.0 Å². The third-order valence-corrected chi connectivity index (χ3v) is 1.93. The summed E-state index contributed by atoms with van der Waals surface area (Å²) in [6.07, 6.45) is 1.06. The van der Waals surface area contributed by atoms with Crippen LogP contribution in [0.3, 0.4) is 0 Å². The molecule has 1 N–H and O–H groups in total. The largest absolute Gasteiger partial charge is 0.322 e. The van der Waals surface area contributed by atoms with Crippen LogP contribution in [0.5, 0.6) is 0 Å². The summed E-state index contributed by atoms with van der Waals surface area (Å²) < 4.78 is 2.96. The molecular weight excluding hydrogens is 190 g/mol. The number of aryl methyl sites for hydroxylation is 1. The van der Waals surface area contributed by atoms with Gasteiger partial charge in [0.2, 0.25) is 0 Å². The molecule has 0 amide bonds. The molecule has 0 aliphatic rings. The predicted octanol–water partition coefficient (Wildman–Crippen LogP) is 2.97. The van der Waals surface area contributed by atoms with Crippen LogP contribution >= 0.6 is 16.1 Å². The van der Waals surface area contributed by atoms with Crippen molar-refractivity contribution in [3.63, 3.8) is 0 Å². The number of benzene rings is 1. The SMILES string of the molecule is CCc1ccccc1NBr. The molecule has 0 unspecified atom stereocenters. The molecule has 0 saturated heterocycles. The minimum absolute atomic E-state index is 1.06. The summed E-state index contributed by atoms with van der Waals surface area (Å²) in [4.78, 5) is 0. The zero-order chi connectivity index (χ0) is 7.40. The van der Waals surface area contributed by atoms with E-state index in [2.05, 4.69) is 33.5 Å². The maximum atomic E-state index is 3.20. The Kier molecular flexibility index (Phi) is 2.75. The lowest BCUT2D eigenvalue weighted by molar-refractivity contribution is 1.15. The molecule has 1 nitrogen and oxygen atoms in total. The Balaban J connectivity index is 2.96. The quantitative estimate of drug-likeness (QED) is 0.723. The van der Waals surface area contributed by atoms with E-state index in [0.29, 0.717) is 0 Å². The average Bonchev–Trinajstić information content (AvgIpc) is 2.04. The lowest BCUT2D eigenvalue weighted by Gasteiger charge is -2.03. The summed E-state index contributed by atoms with van der Waals surface area (Å²) >= 11 is 3.20. The molecule has 1 rings (SSSR count). The Hall–Kier alpha value is -0.500. The van der Waals surface area contributed by atoms with Gasteiger partial charge in [-0.15, -0.1) is 0 Å². The van der Waals surface area contributed by atoms with E-state index in [0.717, 1.165) is 12.1 Å². The van der Waals surface area contributed by atoms with Gasteiger partial charge in [-0.05, 0) is 18.1 Å².